The van der Waals surface area contributed by atoms with Crippen LogP contribution in [0, 0.1) is 5.92 Å². The summed E-state index contributed by atoms with van der Waals surface area (Å²) in [6, 6.07) is 0. The Hall–Kier alpha value is -1.76. The molecule has 0 amide bonds. The molecule has 0 spiro atoms. The monoisotopic (exact) mass is 249 g/mol. The number of nitrogens with zero attached hydrogens (tertiary/aromatic N) is 4. The van der Waals surface area contributed by atoms with Crippen molar-refractivity contribution in [2.24, 2.45) is 5.92 Å². The van der Waals surface area contributed by atoms with Gasteiger partial charge in [0.15, 0.2) is 5.82 Å². The molecule has 1 aliphatic rings. The Morgan fingerprint density at radius 2 is 2.06 bits per heavy atom. The van der Waals surface area contributed by atoms with Gasteiger partial charge in [-0.15, -0.1) is 0 Å². The molecule has 2 aromatic rings. The van der Waals surface area contributed by atoms with Crippen molar-refractivity contribution < 1.29 is 9.26 Å². The van der Waals surface area contributed by atoms with E-state index in [9.17, 15) is 0 Å². The van der Waals surface area contributed by atoms with Crippen molar-refractivity contribution in [2.45, 2.75) is 38.9 Å². The van der Waals surface area contributed by atoms with Gasteiger partial charge in [-0.2, -0.15) is 10.1 Å². The fourth-order valence-electron chi connectivity index (χ4n) is 2.47. The molecule has 3 heterocycles. The van der Waals surface area contributed by atoms with Gasteiger partial charge >= 0.3 is 0 Å². The van der Waals surface area contributed by atoms with E-state index in [1.807, 2.05) is 6.92 Å². The van der Waals surface area contributed by atoms with Gasteiger partial charge in [-0.1, -0.05) is 12.1 Å². The second-order valence-electron chi connectivity index (χ2n) is 4.72. The Morgan fingerprint density at radius 3 is 2.67 bits per heavy atom. The normalized spacial score (nSPS) is 31.9. The first-order chi connectivity index (χ1) is 8.66. The highest BCUT2D eigenvalue weighted by molar-refractivity contribution is 5.39. The SMILES string of the molecule is CC1OC(C)C(c2nc(-c3ncn[nH]3)no2)C1C. The molecular formula is C11H15N5O2. The van der Waals surface area contributed by atoms with E-state index < -0.39 is 0 Å². The molecule has 4 unspecified atom stereocenters. The van der Waals surface area contributed by atoms with Crippen LogP contribution in [0.15, 0.2) is 10.9 Å². The smallest absolute Gasteiger partial charge is 0.239 e. The minimum absolute atomic E-state index is 0.0815. The Kier molecular flexibility index (Phi) is 2.62. The number of H-pyrrole nitrogens is 1. The molecule has 1 N–H and O–H groups in total. The van der Waals surface area contributed by atoms with Crippen LogP contribution in [0.4, 0.5) is 0 Å². The molecular weight excluding hydrogens is 234 g/mol. The van der Waals surface area contributed by atoms with E-state index >= 15 is 0 Å². The molecule has 7 heteroatoms. The molecule has 0 aliphatic carbocycles. The molecule has 2 aromatic heterocycles. The predicted molar refractivity (Wildman–Crippen MR) is 61.6 cm³/mol. The molecule has 1 saturated heterocycles. The van der Waals surface area contributed by atoms with E-state index in [4.69, 9.17) is 9.26 Å². The summed E-state index contributed by atoms with van der Waals surface area (Å²) < 4.78 is 11.1. The summed E-state index contributed by atoms with van der Waals surface area (Å²) in [5.74, 6) is 2.02. The zero-order valence-electron chi connectivity index (χ0n) is 10.5. The van der Waals surface area contributed by atoms with Gasteiger partial charge in [0.05, 0.1) is 18.1 Å². The van der Waals surface area contributed by atoms with Crippen molar-refractivity contribution in [3.05, 3.63) is 12.2 Å². The third-order valence-electron chi connectivity index (χ3n) is 3.60. The first-order valence-electron chi connectivity index (χ1n) is 6.01. The van der Waals surface area contributed by atoms with E-state index in [1.165, 1.54) is 6.33 Å². The summed E-state index contributed by atoms with van der Waals surface area (Å²) >= 11 is 0. The lowest BCUT2D eigenvalue weighted by molar-refractivity contribution is 0.0542. The van der Waals surface area contributed by atoms with E-state index in [-0.39, 0.29) is 18.1 Å². The van der Waals surface area contributed by atoms with E-state index in [0.29, 0.717) is 23.5 Å². The van der Waals surface area contributed by atoms with Crippen molar-refractivity contribution in [2.75, 3.05) is 0 Å². The molecule has 0 radical (unpaired) electrons. The summed E-state index contributed by atoms with van der Waals surface area (Å²) in [5.41, 5.74) is 0. The molecule has 96 valence electrons. The summed E-state index contributed by atoms with van der Waals surface area (Å²) in [6.07, 6.45) is 1.70. The Morgan fingerprint density at radius 1 is 1.22 bits per heavy atom. The first kappa shape index (κ1) is 11.3. The summed E-state index contributed by atoms with van der Waals surface area (Å²) in [5, 5.41) is 10.4. The summed E-state index contributed by atoms with van der Waals surface area (Å²) in [7, 11) is 0. The Labute approximate surface area is 104 Å². The molecule has 0 saturated carbocycles. The van der Waals surface area contributed by atoms with Gasteiger partial charge in [-0.05, 0) is 19.8 Å². The quantitative estimate of drug-likeness (QED) is 0.864. The molecule has 7 nitrogen and oxygen atoms in total. The average molecular weight is 249 g/mol. The van der Waals surface area contributed by atoms with E-state index in [2.05, 4.69) is 39.2 Å². The lowest BCUT2D eigenvalue weighted by Gasteiger charge is -2.12. The van der Waals surface area contributed by atoms with Crippen LogP contribution >= 0.6 is 0 Å². The van der Waals surface area contributed by atoms with Crippen molar-refractivity contribution in [1.29, 1.82) is 0 Å². The number of rotatable bonds is 2. The van der Waals surface area contributed by atoms with Crippen LogP contribution in [0.25, 0.3) is 11.6 Å². The van der Waals surface area contributed by atoms with Gasteiger partial charge in [-0.3, -0.25) is 5.10 Å². The van der Waals surface area contributed by atoms with Crippen molar-refractivity contribution >= 4 is 0 Å². The molecule has 1 fully saturated rings. The number of ether oxygens (including phenoxy) is 1. The number of nitrogens with one attached hydrogen (secondary N) is 1. The summed E-state index contributed by atoms with van der Waals surface area (Å²) in [6.45, 7) is 6.23. The van der Waals surface area contributed by atoms with E-state index in [0.717, 1.165) is 0 Å². The second-order valence-corrected chi connectivity index (χ2v) is 4.72. The molecule has 0 bridgehead atoms. The second kappa shape index (κ2) is 4.16. The number of aromatic nitrogens is 5. The van der Waals surface area contributed by atoms with Crippen LogP contribution in [0.5, 0.6) is 0 Å². The molecule has 18 heavy (non-hydrogen) atoms. The van der Waals surface area contributed by atoms with Gasteiger partial charge in [0, 0.05) is 0 Å². The summed E-state index contributed by atoms with van der Waals surface area (Å²) in [4.78, 5) is 8.37. The average Bonchev–Trinajstić information content (AvgIpc) is 3.01. The fraction of sp³-hybridized carbons (Fsp3) is 0.636. The van der Waals surface area contributed by atoms with Gasteiger partial charge in [0.1, 0.15) is 6.33 Å². The third-order valence-corrected chi connectivity index (χ3v) is 3.60. The van der Waals surface area contributed by atoms with Crippen LogP contribution in [0.2, 0.25) is 0 Å². The van der Waals surface area contributed by atoms with Crippen molar-refractivity contribution in [1.82, 2.24) is 25.3 Å². The maximum absolute atomic E-state index is 5.78. The number of hydrogen-bond donors (Lipinski definition) is 1. The van der Waals surface area contributed by atoms with Crippen molar-refractivity contribution in [3.63, 3.8) is 0 Å². The van der Waals surface area contributed by atoms with Gasteiger partial charge in [0.2, 0.25) is 11.7 Å². The zero-order valence-corrected chi connectivity index (χ0v) is 10.5. The van der Waals surface area contributed by atoms with Crippen LogP contribution in [-0.2, 0) is 4.74 Å². The minimum atomic E-state index is 0.0815. The molecule has 4 atom stereocenters. The maximum Gasteiger partial charge on any atom is 0.239 e. The Bertz CT molecular complexity index is 523. The predicted octanol–water partition coefficient (Wildman–Crippen LogP) is 1.38. The zero-order chi connectivity index (χ0) is 12.7. The van der Waals surface area contributed by atoms with Crippen LogP contribution < -0.4 is 0 Å². The van der Waals surface area contributed by atoms with E-state index in [1.54, 1.807) is 0 Å². The topological polar surface area (TPSA) is 89.7 Å². The molecule has 3 rings (SSSR count). The molecule has 1 aliphatic heterocycles. The third kappa shape index (κ3) is 1.71. The van der Waals surface area contributed by atoms with Gasteiger partial charge < -0.3 is 9.26 Å². The van der Waals surface area contributed by atoms with Crippen LogP contribution in [0.3, 0.4) is 0 Å². The van der Waals surface area contributed by atoms with Crippen LogP contribution in [-0.4, -0.2) is 37.5 Å². The highest BCUT2D eigenvalue weighted by atomic mass is 16.5. The minimum Gasteiger partial charge on any atom is -0.374 e. The standard InChI is InChI=1S/C11H15N5O2/c1-5-6(2)17-7(3)8(5)11-14-10(16-18-11)9-12-4-13-15-9/h4-8H,1-3H3,(H,12,13,15). The first-order valence-corrected chi connectivity index (χ1v) is 6.01. The maximum atomic E-state index is 5.78. The van der Waals surface area contributed by atoms with Gasteiger partial charge in [0.25, 0.3) is 0 Å². The molecule has 0 aromatic carbocycles. The van der Waals surface area contributed by atoms with Crippen LogP contribution in [0.1, 0.15) is 32.6 Å². The lowest BCUT2D eigenvalue weighted by atomic mass is 9.89. The Balaban J connectivity index is 1.90. The lowest BCUT2D eigenvalue weighted by Crippen LogP contribution is -2.15. The number of hydrogen-bond acceptors (Lipinski definition) is 6. The largest absolute Gasteiger partial charge is 0.374 e. The number of aromatic amines is 1. The van der Waals surface area contributed by atoms with Gasteiger partial charge in [-0.25, -0.2) is 4.98 Å². The highest BCUT2D eigenvalue weighted by Gasteiger charge is 2.41. The van der Waals surface area contributed by atoms with Crippen molar-refractivity contribution in [3.8, 4) is 11.6 Å². The highest BCUT2D eigenvalue weighted by Crippen LogP contribution is 2.39. The fourth-order valence-corrected chi connectivity index (χ4v) is 2.47.